The van der Waals surface area contributed by atoms with E-state index in [2.05, 4.69) is 109 Å². The zero-order chi connectivity index (χ0) is 25.1. The molecule has 204 valence electrons. The summed E-state index contributed by atoms with van der Waals surface area (Å²) >= 11 is 0. The minimum absolute atomic E-state index is 0. The first kappa shape index (κ1) is 30.2. The van der Waals surface area contributed by atoms with Crippen LogP contribution < -0.4 is 0 Å². The van der Waals surface area contributed by atoms with Crippen LogP contribution in [0.25, 0.3) is 0 Å². The average molecular weight is 517 g/mol. The maximum Gasteiger partial charge on any atom is -0.00201 e. The van der Waals surface area contributed by atoms with Gasteiger partial charge in [0.15, 0.2) is 0 Å². The van der Waals surface area contributed by atoms with Crippen LogP contribution in [0.2, 0.25) is 0 Å². The van der Waals surface area contributed by atoms with Crippen LogP contribution in [0.5, 0.6) is 0 Å². The van der Waals surface area contributed by atoms with Crippen LogP contribution >= 0.6 is 0 Å². The molecular weight excluding hydrogens is 468 g/mol. The first-order chi connectivity index (χ1) is 18.4. The van der Waals surface area contributed by atoms with Crippen molar-refractivity contribution in [2.24, 2.45) is 0 Å². The Morgan fingerprint density at radius 2 is 0.692 bits per heavy atom. The smallest absolute Gasteiger partial charge is 0.00201 e. The minimum atomic E-state index is 0. The third-order valence-electron chi connectivity index (χ3n) is 7.95. The third kappa shape index (κ3) is 8.56. The van der Waals surface area contributed by atoms with Gasteiger partial charge >= 0.3 is 0 Å². The Morgan fingerprint density at radius 1 is 0.333 bits per heavy atom. The molecule has 7 rings (SSSR count). The molecule has 0 saturated carbocycles. The van der Waals surface area contributed by atoms with Crippen LogP contribution in [-0.4, -0.2) is 0 Å². The average Bonchev–Trinajstić information content (AvgIpc) is 3.19. The second-order valence-electron chi connectivity index (χ2n) is 10.6. The van der Waals surface area contributed by atoms with Crippen LogP contribution in [0.15, 0.2) is 109 Å². The number of fused-ring (bicyclic) bond motifs is 4. The van der Waals surface area contributed by atoms with Crippen LogP contribution in [0.4, 0.5) is 0 Å². The second kappa shape index (κ2) is 15.9. The predicted octanol–water partition coefficient (Wildman–Crippen LogP) is 10.5. The Kier molecular flexibility index (Phi) is 12.3. The Morgan fingerprint density at radius 3 is 1.15 bits per heavy atom. The summed E-state index contributed by atoms with van der Waals surface area (Å²) in [5.41, 5.74) is 12.2. The van der Waals surface area contributed by atoms with Gasteiger partial charge in [0.25, 0.3) is 0 Å². The van der Waals surface area contributed by atoms with Crippen molar-refractivity contribution >= 4 is 0 Å². The minimum Gasteiger partial charge on any atom is -0.0882 e. The van der Waals surface area contributed by atoms with Gasteiger partial charge in [-0.3, -0.25) is 0 Å². The van der Waals surface area contributed by atoms with Gasteiger partial charge in [0.05, 0.1) is 0 Å². The van der Waals surface area contributed by atoms with Crippen molar-refractivity contribution in [2.75, 3.05) is 0 Å². The molecule has 0 heterocycles. The Hall–Kier alpha value is -3.38. The number of hydrogen-bond donors (Lipinski definition) is 0. The molecule has 0 aromatic heterocycles. The van der Waals surface area contributed by atoms with E-state index in [1.807, 2.05) is 0 Å². The number of rotatable bonds is 0. The molecule has 0 N–H and O–H groups in total. The summed E-state index contributed by atoms with van der Waals surface area (Å²) in [7, 11) is 0. The molecule has 0 aliphatic heterocycles. The van der Waals surface area contributed by atoms with E-state index in [9.17, 15) is 0 Å². The molecule has 0 heteroatoms. The standard InChI is InChI=1S/C14H12.C12H14.C11H14.2CH4/c1-2-6-12-10-14-8-4-3-7-13(14)9-11(12)5-1;1-2-4-8-12-10-6-5-9-11(12)7-3-1;1-2-6-10-8-4-5-9-11(10)7-3-1;;/h1-8H,9-10H2;1,3,5-6,9-10H,2,4,7-8H2;4-5,8-9H,1-3,6-7H2;2*1H4/b;3-1-;;;. The number of aryl methyl sites for hydroxylation is 3. The molecule has 0 atom stereocenters. The number of allylic oxidation sites excluding steroid dienone is 2. The normalized spacial score (nSPS) is 15.4. The van der Waals surface area contributed by atoms with E-state index >= 15 is 0 Å². The highest BCUT2D eigenvalue weighted by molar-refractivity contribution is 5.44. The van der Waals surface area contributed by atoms with Crippen LogP contribution in [-0.2, 0) is 38.5 Å². The molecule has 3 aliphatic rings. The highest BCUT2D eigenvalue weighted by Gasteiger charge is 2.13. The molecule has 0 nitrogen and oxygen atoms in total. The summed E-state index contributed by atoms with van der Waals surface area (Å²) in [6.07, 6.45) is 18.5. The number of hydrogen-bond acceptors (Lipinski definition) is 0. The van der Waals surface area contributed by atoms with Crippen molar-refractivity contribution in [1.82, 2.24) is 0 Å². The summed E-state index contributed by atoms with van der Waals surface area (Å²) in [5.74, 6) is 0. The quantitative estimate of drug-likeness (QED) is 0.142. The molecule has 0 unspecified atom stereocenters. The van der Waals surface area contributed by atoms with Crippen molar-refractivity contribution in [1.29, 1.82) is 0 Å². The van der Waals surface area contributed by atoms with Crippen LogP contribution in [0.3, 0.4) is 0 Å². The molecule has 3 aliphatic carbocycles. The molecule has 0 saturated heterocycles. The van der Waals surface area contributed by atoms with Gasteiger partial charge in [0, 0.05) is 0 Å². The van der Waals surface area contributed by atoms with Crippen molar-refractivity contribution < 1.29 is 0 Å². The largest absolute Gasteiger partial charge is 0.0882 e. The Labute approximate surface area is 238 Å². The molecule has 0 radical (unpaired) electrons. The van der Waals surface area contributed by atoms with Gasteiger partial charge in [0.2, 0.25) is 0 Å². The first-order valence-electron chi connectivity index (χ1n) is 14.3. The fourth-order valence-electron chi connectivity index (χ4n) is 5.81. The third-order valence-corrected chi connectivity index (χ3v) is 7.95. The van der Waals surface area contributed by atoms with E-state index in [-0.39, 0.29) is 14.9 Å². The Balaban J connectivity index is 0.000000159. The van der Waals surface area contributed by atoms with Crippen molar-refractivity contribution in [3.05, 3.63) is 154 Å². The van der Waals surface area contributed by atoms with E-state index < -0.39 is 0 Å². The van der Waals surface area contributed by atoms with E-state index in [1.165, 1.54) is 79.2 Å². The van der Waals surface area contributed by atoms with E-state index in [0.717, 1.165) is 19.3 Å². The molecule has 0 amide bonds. The van der Waals surface area contributed by atoms with Gasteiger partial charge in [-0.25, -0.2) is 0 Å². The molecule has 0 bridgehead atoms. The highest BCUT2D eigenvalue weighted by Crippen LogP contribution is 2.26. The van der Waals surface area contributed by atoms with E-state index in [1.54, 1.807) is 16.7 Å². The summed E-state index contributed by atoms with van der Waals surface area (Å²) in [5, 5.41) is 0. The molecule has 0 fully saturated rings. The lowest BCUT2D eigenvalue weighted by Gasteiger charge is -2.18. The lowest BCUT2D eigenvalue weighted by Crippen LogP contribution is -2.06. The SMILES string of the molecule is C.C.C1=C\Cc2ccccc2CCC/1.c1ccc2c(c1)CCCCC2.c1ccc2c(c1)Cc1ccccc1C2. The molecular formula is C39H48. The maximum atomic E-state index is 2.30. The molecule has 0 spiro atoms. The molecule has 4 aromatic carbocycles. The van der Waals surface area contributed by atoms with E-state index in [0.29, 0.717) is 0 Å². The lowest BCUT2D eigenvalue weighted by atomic mass is 9.86. The zero-order valence-corrected chi connectivity index (χ0v) is 22.2. The molecule has 4 aromatic rings. The first-order valence-corrected chi connectivity index (χ1v) is 14.3. The molecule has 39 heavy (non-hydrogen) atoms. The summed E-state index contributed by atoms with van der Waals surface area (Å²) < 4.78 is 0. The fraction of sp³-hybridized carbons (Fsp3) is 0.333. The second-order valence-corrected chi connectivity index (χ2v) is 10.6. The number of benzene rings is 4. The predicted molar refractivity (Wildman–Crippen MR) is 172 cm³/mol. The topological polar surface area (TPSA) is 0 Å². The van der Waals surface area contributed by atoms with Gasteiger partial charge in [-0.15, -0.1) is 0 Å². The maximum absolute atomic E-state index is 2.30. The van der Waals surface area contributed by atoms with Crippen LogP contribution in [0.1, 0.15) is 91.5 Å². The monoisotopic (exact) mass is 516 g/mol. The lowest BCUT2D eigenvalue weighted by molar-refractivity contribution is 0.711. The van der Waals surface area contributed by atoms with E-state index in [4.69, 9.17) is 0 Å². The highest BCUT2D eigenvalue weighted by atomic mass is 14.2. The van der Waals surface area contributed by atoms with Crippen LogP contribution in [0, 0.1) is 0 Å². The van der Waals surface area contributed by atoms with Gasteiger partial charge in [-0.1, -0.05) is 130 Å². The summed E-state index contributed by atoms with van der Waals surface area (Å²) in [4.78, 5) is 0. The Bertz CT molecular complexity index is 1200. The zero-order valence-electron chi connectivity index (χ0n) is 22.2. The van der Waals surface area contributed by atoms with Gasteiger partial charge in [-0.2, -0.15) is 0 Å². The van der Waals surface area contributed by atoms with Crippen molar-refractivity contribution in [3.8, 4) is 0 Å². The summed E-state index contributed by atoms with van der Waals surface area (Å²) in [6, 6.07) is 35.1. The summed E-state index contributed by atoms with van der Waals surface area (Å²) in [6.45, 7) is 0. The van der Waals surface area contributed by atoms with Gasteiger partial charge < -0.3 is 0 Å². The van der Waals surface area contributed by atoms with Gasteiger partial charge in [0.1, 0.15) is 0 Å². The van der Waals surface area contributed by atoms with Crippen molar-refractivity contribution in [3.63, 3.8) is 0 Å². The fourth-order valence-corrected chi connectivity index (χ4v) is 5.81. The van der Waals surface area contributed by atoms with Gasteiger partial charge in [-0.05, 0) is 109 Å². The van der Waals surface area contributed by atoms with Crippen molar-refractivity contribution in [2.45, 2.75) is 85.5 Å².